The molecule has 2 heterocycles. The zero-order valence-electron chi connectivity index (χ0n) is 15.9. The molecule has 0 bridgehead atoms. The highest BCUT2D eigenvalue weighted by molar-refractivity contribution is 5.98. The van der Waals surface area contributed by atoms with Crippen molar-refractivity contribution < 1.29 is 37.0 Å². The number of ether oxygens (including phenoxy) is 3. The Morgan fingerprint density at radius 2 is 1.90 bits per heavy atom. The molecule has 1 N–H and O–H groups in total. The topological polar surface area (TPSA) is 78.8 Å². The minimum absolute atomic E-state index is 0.0190. The summed E-state index contributed by atoms with van der Waals surface area (Å²) in [4.78, 5) is 24.7. The molecule has 156 valence electrons. The van der Waals surface area contributed by atoms with Crippen LogP contribution in [-0.4, -0.2) is 35.5 Å². The molecule has 0 saturated heterocycles. The third kappa shape index (κ3) is 4.64. The third-order valence-corrected chi connectivity index (χ3v) is 4.42. The summed E-state index contributed by atoms with van der Waals surface area (Å²) in [6, 6.07) is 6.11. The highest BCUT2D eigenvalue weighted by atomic mass is 19.4. The number of esters is 1. The fourth-order valence-electron chi connectivity index (χ4n) is 2.93. The summed E-state index contributed by atoms with van der Waals surface area (Å²) in [7, 11) is 0. The van der Waals surface area contributed by atoms with Gasteiger partial charge in [0, 0.05) is 23.1 Å². The highest BCUT2D eigenvalue weighted by Crippen LogP contribution is 2.34. The van der Waals surface area contributed by atoms with Gasteiger partial charge in [-0.05, 0) is 39.0 Å². The van der Waals surface area contributed by atoms with Gasteiger partial charge in [-0.15, -0.1) is 0 Å². The standard InChI is InChI=1S/C19H19F3N2O5/c1-10-6-14(11(2)24(10)8-19(20,21)22)18(26)29-12(3)17(25)23-13-4-5-15-16(7-13)28-9-27-15/h4-7,12H,8-9H2,1-3H3,(H,23,25)/t12-/m1/s1. The predicted octanol–water partition coefficient (Wildman–Crippen LogP) is 3.58. The number of hydrogen-bond acceptors (Lipinski definition) is 5. The first-order valence-electron chi connectivity index (χ1n) is 8.70. The number of carbonyl (C=O) groups excluding carboxylic acids is 2. The molecule has 0 unspecified atom stereocenters. The van der Waals surface area contributed by atoms with Crippen LogP contribution in [0.25, 0.3) is 0 Å². The minimum atomic E-state index is -4.42. The fourth-order valence-corrected chi connectivity index (χ4v) is 2.93. The van der Waals surface area contributed by atoms with Gasteiger partial charge in [0.1, 0.15) is 6.54 Å². The molecule has 1 amide bonds. The SMILES string of the molecule is Cc1cc(C(=O)O[C@H](C)C(=O)Nc2ccc3c(c2)OCO3)c(C)n1CC(F)(F)F. The van der Waals surface area contributed by atoms with Crippen LogP contribution in [0.4, 0.5) is 18.9 Å². The molecule has 1 aliphatic heterocycles. The van der Waals surface area contributed by atoms with Gasteiger partial charge >= 0.3 is 12.1 Å². The Morgan fingerprint density at radius 3 is 2.59 bits per heavy atom. The van der Waals surface area contributed by atoms with Crippen LogP contribution in [0.5, 0.6) is 11.5 Å². The average Bonchev–Trinajstić information content (AvgIpc) is 3.19. The van der Waals surface area contributed by atoms with Crippen LogP contribution >= 0.6 is 0 Å². The zero-order valence-corrected chi connectivity index (χ0v) is 15.9. The molecule has 10 heteroatoms. The van der Waals surface area contributed by atoms with Crippen LogP contribution in [0.3, 0.4) is 0 Å². The maximum absolute atomic E-state index is 12.7. The first-order chi connectivity index (χ1) is 13.5. The monoisotopic (exact) mass is 412 g/mol. The van der Waals surface area contributed by atoms with Gasteiger partial charge in [-0.2, -0.15) is 13.2 Å². The Labute approximate surface area is 164 Å². The van der Waals surface area contributed by atoms with Crippen LogP contribution in [-0.2, 0) is 16.1 Å². The lowest BCUT2D eigenvalue weighted by atomic mass is 10.2. The van der Waals surface area contributed by atoms with Gasteiger partial charge in [0.2, 0.25) is 6.79 Å². The van der Waals surface area contributed by atoms with E-state index in [2.05, 4.69) is 5.32 Å². The van der Waals surface area contributed by atoms with E-state index in [1.807, 2.05) is 0 Å². The molecule has 3 rings (SSSR count). The van der Waals surface area contributed by atoms with E-state index in [1.165, 1.54) is 26.8 Å². The number of amides is 1. The van der Waals surface area contributed by atoms with E-state index in [0.717, 1.165) is 4.57 Å². The molecule has 0 saturated carbocycles. The summed E-state index contributed by atoms with van der Waals surface area (Å²) < 4.78 is 54.7. The number of aromatic nitrogens is 1. The molecule has 1 atom stereocenters. The summed E-state index contributed by atoms with van der Waals surface area (Å²) in [6.07, 6.45) is -5.59. The largest absolute Gasteiger partial charge is 0.454 e. The second-order valence-electron chi connectivity index (χ2n) is 6.59. The van der Waals surface area contributed by atoms with Crippen molar-refractivity contribution in [3.05, 3.63) is 41.2 Å². The maximum atomic E-state index is 12.7. The number of anilines is 1. The first-order valence-corrected chi connectivity index (χ1v) is 8.70. The van der Waals surface area contributed by atoms with Gasteiger partial charge in [-0.1, -0.05) is 0 Å². The molecule has 0 fully saturated rings. The number of nitrogens with one attached hydrogen (secondary N) is 1. The number of benzene rings is 1. The molecule has 2 aromatic rings. The quantitative estimate of drug-likeness (QED) is 0.760. The Kier molecular flexibility index (Phi) is 5.45. The van der Waals surface area contributed by atoms with Gasteiger partial charge < -0.3 is 24.1 Å². The normalized spacial score (nSPS) is 13.9. The summed E-state index contributed by atoms with van der Waals surface area (Å²) in [5, 5.41) is 2.58. The smallest absolute Gasteiger partial charge is 0.406 e. The van der Waals surface area contributed by atoms with E-state index >= 15 is 0 Å². The fraction of sp³-hybridized carbons (Fsp3) is 0.368. The number of fused-ring (bicyclic) bond motifs is 1. The highest BCUT2D eigenvalue weighted by Gasteiger charge is 2.31. The molecule has 0 aliphatic carbocycles. The molecule has 0 spiro atoms. The molecule has 29 heavy (non-hydrogen) atoms. The molecule has 0 radical (unpaired) electrons. The van der Waals surface area contributed by atoms with E-state index in [-0.39, 0.29) is 23.7 Å². The molecule has 1 aliphatic rings. The summed E-state index contributed by atoms with van der Waals surface area (Å²) in [5.74, 6) is -0.442. The number of halogens is 3. The number of aryl methyl sites for hydroxylation is 1. The number of nitrogens with zero attached hydrogens (tertiary/aromatic N) is 1. The second-order valence-corrected chi connectivity index (χ2v) is 6.59. The van der Waals surface area contributed by atoms with E-state index < -0.39 is 30.7 Å². The molecular weight excluding hydrogens is 393 g/mol. The van der Waals surface area contributed by atoms with Crippen LogP contribution in [0.15, 0.2) is 24.3 Å². The Bertz CT molecular complexity index is 952. The summed E-state index contributed by atoms with van der Waals surface area (Å²) in [5.41, 5.74) is 0.789. The number of hydrogen-bond donors (Lipinski definition) is 1. The lowest BCUT2D eigenvalue weighted by molar-refractivity contribution is -0.141. The van der Waals surface area contributed by atoms with Crippen LogP contribution in [0.2, 0.25) is 0 Å². The molecular formula is C19H19F3N2O5. The number of rotatable bonds is 5. The van der Waals surface area contributed by atoms with E-state index in [4.69, 9.17) is 14.2 Å². The van der Waals surface area contributed by atoms with Crippen LogP contribution < -0.4 is 14.8 Å². The number of carbonyl (C=O) groups is 2. The maximum Gasteiger partial charge on any atom is 0.406 e. The minimum Gasteiger partial charge on any atom is -0.454 e. The Morgan fingerprint density at radius 1 is 1.21 bits per heavy atom. The van der Waals surface area contributed by atoms with Gasteiger partial charge in [-0.3, -0.25) is 4.79 Å². The Hall–Kier alpha value is -3.17. The lowest BCUT2D eigenvalue weighted by Crippen LogP contribution is -2.30. The van der Waals surface area contributed by atoms with Gasteiger partial charge in [-0.25, -0.2) is 4.79 Å². The van der Waals surface area contributed by atoms with Gasteiger partial charge in [0.05, 0.1) is 5.56 Å². The van der Waals surface area contributed by atoms with Crippen molar-refractivity contribution in [2.45, 2.75) is 39.6 Å². The summed E-state index contributed by atoms with van der Waals surface area (Å²) in [6.45, 7) is 3.11. The summed E-state index contributed by atoms with van der Waals surface area (Å²) >= 11 is 0. The average molecular weight is 412 g/mol. The number of alkyl halides is 3. The predicted molar refractivity (Wildman–Crippen MR) is 96.0 cm³/mol. The molecule has 1 aromatic heterocycles. The third-order valence-electron chi connectivity index (χ3n) is 4.42. The van der Waals surface area contributed by atoms with Crippen LogP contribution in [0.1, 0.15) is 28.7 Å². The Balaban J connectivity index is 1.66. The van der Waals surface area contributed by atoms with Crippen molar-refractivity contribution in [1.82, 2.24) is 4.57 Å². The van der Waals surface area contributed by atoms with Gasteiger partial charge in [0.25, 0.3) is 5.91 Å². The molecule has 7 nitrogen and oxygen atoms in total. The first kappa shape index (κ1) is 20.6. The molecule has 1 aromatic carbocycles. The zero-order chi connectivity index (χ0) is 21.3. The van der Waals surface area contributed by atoms with Crippen molar-refractivity contribution in [1.29, 1.82) is 0 Å². The van der Waals surface area contributed by atoms with Crippen LogP contribution in [0, 0.1) is 13.8 Å². The van der Waals surface area contributed by atoms with E-state index in [0.29, 0.717) is 17.2 Å². The van der Waals surface area contributed by atoms with Crippen molar-refractivity contribution in [2.24, 2.45) is 0 Å². The van der Waals surface area contributed by atoms with Crippen molar-refractivity contribution in [2.75, 3.05) is 12.1 Å². The van der Waals surface area contributed by atoms with E-state index in [9.17, 15) is 22.8 Å². The second kappa shape index (κ2) is 7.69. The lowest BCUT2D eigenvalue weighted by Gasteiger charge is -2.14. The van der Waals surface area contributed by atoms with Crippen molar-refractivity contribution in [3.8, 4) is 11.5 Å². The van der Waals surface area contributed by atoms with E-state index in [1.54, 1.807) is 18.2 Å². The van der Waals surface area contributed by atoms with Gasteiger partial charge in [0.15, 0.2) is 17.6 Å². The van der Waals surface area contributed by atoms with Crippen molar-refractivity contribution in [3.63, 3.8) is 0 Å². The van der Waals surface area contributed by atoms with Crippen molar-refractivity contribution >= 4 is 17.6 Å².